The van der Waals surface area contributed by atoms with E-state index in [0.29, 0.717) is 29.7 Å². The molecule has 38 heavy (non-hydrogen) atoms. The van der Waals surface area contributed by atoms with Crippen molar-refractivity contribution in [3.05, 3.63) is 88.5 Å². The molecular formula is C30H29F4NO3. The Morgan fingerprint density at radius 1 is 1.05 bits per heavy atom. The number of carboxylic acids is 1. The largest absolute Gasteiger partial charge is 0.496 e. The van der Waals surface area contributed by atoms with E-state index in [4.69, 9.17) is 4.74 Å². The highest BCUT2D eigenvalue weighted by Crippen LogP contribution is 2.38. The Hall–Kier alpha value is -3.65. The average Bonchev–Trinajstić information content (AvgIpc) is 2.91. The van der Waals surface area contributed by atoms with Crippen LogP contribution < -0.4 is 4.74 Å². The minimum atomic E-state index is -4.66. The van der Waals surface area contributed by atoms with Crippen molar-refractivity contribution >= 4 is 18.1 Å². The first-order valence-corrected chi connectivity index (χ1v) is 12.4. The first-order valence-electron chi connectivity index (χ1n) is 12.4. The highest BCUT2D eigenvalue weighted by Gasteiger charge is 2.35. The maximum absolute atomic E-state index is 14.2. The molecule has 0 aliphatic carbocycles. The number of hydrogen-bond acceptors (Lipinski definition) is 3. The summed E-state index contributed by atoms with van der Waals surface area (Å²) < 4.78 is 62.0. The predicted molar refractivity (Wildman–Crippen MR) is 139 cm³/mol. The van der Waals surface area contributed by atoms with E-state index >= 15 is 0 Å². The van der Waals surface area contributed by atoms with Gasteiger partial charge in [0.15, 0.2) is 0 Å². The first-order chi connectivity index (χ1) is 18.2. The summed E-state index contributed by atoms with van der Waals surface area (Å²) in [5.74, 6) is -0.753. The molecule has 4 rings (SSSR count). The van der Waals surface area contributed by atoms with Gasteiger partial charge in [-0.2, -0.15) is 13.2 Å². The molecule has 0 saturated carbocycles. The highest BCUT2D eigenvalue weighted by atomic mass is 19.4. The summed E-state index contributed by atoms with van der Waals surface area (Å²) in [6.45, 7) is -0.273. The highest BCUT2D eigenvalue weighted by molar-refractivity contribution is 5.79. The average molecular weight is 528 g/mol. The summed E-state index contributed by atoms with van der Waals surface area (Å²) in [5, 5.41) is 9.57. The zero-order valence-corrected chi connectivity index (χ0v) is 21.0. The summed E-state index contributed by atoms with van der Waals surface area (Å²) in [6.07, 6.45) is 0.120. The second-order valence-electron chi connectivity index (χ2n) is 9.28. The number of halogens is 4. The Kier molecular flexibility index (Phi) is 8.52. The number of nitrogens with zero attached hydrogens (tertiary/aromatic N) is 1. The SMILES string of the molecule is COc1cc(/C=C/c2cccc(-c3ccccc3)c2CF)c(C(F)(F)F)cc1CN1CCCCC1C(=O)O. The van der Waals surface area contributed by atoms with Gasteiger partial charge in [0.05, 0.1) is 12.7 Å². The minimum Gasteiger partial charge on any atom is -0.496 e. The maximum atomic E-state index is 14.2. The lowest BCUT2D eigenvalue weighted by molar-refractivity contribution is -0.145. The molecule has 1 aliphatic heterocycles. The standard InChI is InChI=1S/C30H29F4NO3/c1-38-28-17-22(14-13-21-10-7-11-24(25(21)18-31)20-8-3-2-4-9-20)26(30(32,33)34)16-23(28)19-35-15-6-5-12-27(35)29(36)37/h2-4,7-11,13-14,16-17,27H,5-6,12,15,18-19H2,1H3,(H,36,37)/b14-13+. The van der Waals surface area contributed by atoms with Gasteiger partial charge in [-0.15, -0.1) is 0 Å². The quantitative estimate of drug-likeness (QED) is 0.244. The molecule has 1 unspecified atom stereocenters. The van der Waals surface area contributed by atoms with Crippen molar-refractivity contribution in [1.29, 1.82) is 0 Å². The van der Waals surface area contributed by atoms with Crippen LogP contribution >= 0.6 is 0 Å². The van der Waals surface area contributed by atoms with Gasteiger partial charge in [-0.1, -0.05) is 67.1 Å². The number of ether oxygens (including phenoxy) is 1. The molecule has 0 radical (unpaired) electrons. The molecule has 1 fully saturated rings. The minimum absolute atomic E-state index is 0.0261. The number of rotatable bonds is 8. The van der Waals surface area contributed by atoms with Gasteiger partial charge in [-0.25, -0.2) is 4.39 Å². The number of aliphatic carboxylic acids is 1. The number of methoxy groups -OCH3 is 1. The third-order valence-electron chi connectivity index (χ3n) is 6.90. The number of hydrogen-bond donors (Lipinski definition) is 1. The number of piperidine rings is 1. The molecule has 0 bridgehead atoms. The van der Waals surface area contributed by atoms with E-state index < -0.39 is 30.4 Å². The number of alkyl halides is 4. The van der Waals surface area contributed by atoms with Crippen LogP contribution in [0.25, 0.3) is 23.3 Å². The van der Waals surface area contributed by atoms with Gasteiger partial charge < -0.3 is 9.84 Å². The number of carboxylic acid groups (broad SMARTS) is 1. The van der Waals surface area contributed by atoms with Crippen molar-refractivity contribution in [1.82, 2.24) is 4.90 Å². The molecule has 1 aliphatic rings. The van der Waals surface area contributed by atoms with Crippen LogP contribution in [0, 0.1) is 0 Å². The molecule has 0 spiro atoms. The fourth-order valence-corrected chi connectivity index (χ4v) is 4.99. The Balaban J connectivity index is 1.73. The molecule has 8 heteroatoms. The van der Waals surface area contributed by atoms with Gasteiger partial charge in [-0.05, 0) is 59.3 Å². The van der Waals surface area contributed by atoms with E-state index in [9.17, 15) is 27.5 Å². The fourth-order valence-electron chi connectivity index (χ4n) is 4.99. The molecule has 1 heterocycles. The summed E-state index contributed by atoms with van der Waals surface area (Å²) >= 11 is 0. The lowest BCUT2D eigenvalue weighted by Crippen LogP contribution is -2.44. The third-order valence-corrected chi connectivity index (χ3v) is 6.90. The molecule has 4 nitrogen and oxygen atoms in total. The number of benzene rings is 3. The monoisotopic (exact) mass is 527 g/mol. The smallest absolute Gasteiger partial charge is 0.417 e. The molecule has 1 N–H and O–H groups in total. The lowest BCUT2D eigenvalue weighted by atomic mass is 9.94. The van der Waals surface area contributed by atoms with Crippen LogP contribution in [0.4, 0.5) is 17.6 Å². The summed E-state index contributed by atoms with van der Waals surface area (Å²) in [4.78, 5) is 13.4. The van der Waals surface area contributed by atoms with Crippen LogP contribution in [0.3, 0.4) is 0 Å². The van der Waals surface area contributed by atoms with E-state index in [-0.39, 0.29) is 23.4 Å². The molecule has 1 atom stereocenters. The zero-order valence-electron chi connectivity index (χ0n) is 21.0. The van der Waals surface area contributed by atoms with Gasteiger partial charge in [0.25, 0.3) is 0 Å². The van der Waals surface area contributed by atoms with E-state index in [1.54, 1.807) is 23.1 Å². The summed E-state index contributed by atoms with van der Waals surface area (Å²) in [6, 6.07) is 16.0. The predicted octanol–water partition coefficient (Wildman–Crippen LogP) is 7.46. The van der Waals surface area contributed by atoms with Crippen molar-refractivity contribution in [2.45, 2.75) is 44.7 Å². The van der Waals surface area contributed by atoms with Gasteiger partial charge in [0.2, 0.25) is 0 Å². The molecule has 0 aromatic heterocycles. The summed E-state index contributed by atoms with van der Waals surface area (Å²) in [7, 11) is 1.37. The van der Waals surface area contributed by atoms with Crippen LogP contribution in [0.5, 0.6) is 5.75 Å². The first kappa shape index (κ1) is 27.4. The fraction of sp³-hybridized carbons (Fsp3) is 0.300. The molecule has 3 aromatic carbocycles. The normalized spacial score (nSPS) is 16.6. The second kappa shape index (κ2) is 11.8. The Labute approximate surface area is 219 Å². The zero-order chi connectivity index (χ0) is 27.3. The second-order valence-corrected chi connectivity index (χ2v) is 9.28. The van der Waals surface area contributed by atoms with E-state index in [2.05, 4.69) is 0 Å². The van der Waals surface area contributed by atoms with Crippen LogP contribution in [0.15, 0.2) is 60.7 Å². The maximum Gasteiger partial charge on any atom is 0.417 e. The topological polar surface area (TPSA) is 49.8 Å². The molecule has 3 aromatic rings. The molecular weight excluding hydrogens is 498 g/mol. The third kappa shape index (κ3) is 6.07. The number of likely N-dealkylation sites (tertiary alicyclic amines) is 1. The van der Waals surface area contributed by atoms with Gasteiger partial charge >= 0.3 is 12.1 Å². The van der Waals surface area contributed by atoms with Crippen molar-refractivity contribution in [3.63, 3.8) is 0 Å². The Bertz CT molecular complexity index is 1300. The molecule has 200 valence electrons. The number of carbonyl (C=O) groups is 1. The van der Waals surface area contributed by atoms with Crippen molar-refractivity contribution < 1.29 is 32.2 Å². The van der Waals surface area contributed by atoms with Gasteiger partial charge in [-0.3, -0.25) is 9.69 Å². The van der Waals surface area contributed by atoms with Crippen molar-refractivity contribution in [3.8, 4) is 16.9 Å². The van der Waals surface area contributed by atoms with Crippen LogP contribution in [-0.4, -0.2) is 35.7 Å². The van der Waals surface area contributed by atoms with E-state index in [0.717, 1.165) is 24.5 Å². The van der Waals surface area contributed by atoms with Gasteiger partial charge in [0, 0.05) is 12.1 Å². The molecule has 0 amide bonds. The Morgan fingerprint density at radius 2 is 1.79 bits per heavy atom. The van der Waals surface area contributed by atoms with E-state index in [1.807, 2.05) is 30.3 Å². The molecule has 1 saturated heterocycles. The van der Waals surface area contributed by atoms with Crippen LogP contribution in [0.2, 0.25) is 0 Å². The Morgan fingerprint density at radius 3 is 2.45 bits per heavy atom. The van der Waals surface area contributed by atoms with Crippen LogP contribution in [-0.2, 0) is 24.2 Å². The lowest BCUT2D eigenvalue weighted by Gasteiger charge is -2.33. The van der Waals surface area contributed by atoms with Gasteiger partial charge in [0.1, 0.15) is 18.5 Å². The van der Waals surface area contributed by atoms with E-state index in [1.165, 1.54) is 25.3 Å². The van der Waals surface area contributed by atoms with Crippen LogP contribution in [0.1, 0.15) is 47.1 Å². The summed E-state index contributed by atoms with van der Waals surface area (Å²) in [5.41, 5.74) is 1.62. The van der Waals surface area contributed by atoms with Crippen molar-refractivity contribution in [2.75, 3.05) is 13.7 Å². The van der Waals surface area contributed by atoms with Crippen molar-refractivity contribution in [2.24, 2.45) is 0 Å².